The maximum absolute atomic E-state index is 12.3. The fourth-order valence-electron chi connectivity index (χ4n) is 1.66. The number of aryl methyl sites for hydroxylation is 2. The molecule has 0 aliphatic carbocycles. The van der Waals surface area contributed by atoms with Gasteiger partial charge in [-0.2, -0.15) is 0 Å². The molecule has 1 heterocycles. The van der Waals surface area contributed by atoms with E-state index in [1.807, 2.05) is 6.92 Å². The minimum absolute atomic E-state index is 0.0265. The lowest BCUT2D eigenvalue weighted by atomic mass is 10.2. The molecule has 2 aromatic rings. The molecule has 0 aliphatic heterocycles. The SMILES string of the molecule is CCc1nnc(NS(=O)(=O)c2ccc([N+](=O)[O-])cc2C)s1. The van der Waals surface area contributed by atoms with Crippen LogP contribution in [-0.4, -0.2) is 23.5 Å². The van der Waals surface area contributed by atoms with Crippen molar-refractivity contribution < 1.29 is 13.3 Å². The fraction of sp³-hybridized carbons (Fsp3) is 0.273. The topological polar surface area (TPSA) is 115 Å². The molecule has 8 nitrogen and oxygen atoms in total. The molecule has 0 aliphatic rings. The molecule has 1 aromatic carbocycles. The number of aromatic nitrogens is 2. The van der Waals surface area contributed by atoms with Gasteiger partial charge in [-0.1, -0.05) is 18.3 Å². The summed E-state index contributed by atoms with van der Waals surface area (Å²) >= 11 is 1.15. The van der Waals surface area contributed by atoms with Crippen molar-refractivity contribution in [1.29, 1.82) is 0 Å². The van der Waals surface area contributed by atoms with Crippen LogP contribution >= 0.6 is 11.3 Å². The van der Waals surface area contributed by atoms with Crippen LogP contribution in [0.2, 0.25) is 0 Å². The summed E-state index contributed by atoms with van der Waals surface area (Å²) in [7, 11) is -3.85. The second-order valence-corrected chi connectivity index (χ2v) is 6.88. The maximum atomic E-state index is 12.3. The van der Waals surface area contributed by atoms with E-state index in [1.54, 1.807) is 0 Å². The summed E-state index contributed by atoms with van der Waals surface area (Å²) in [6.45, 7) is 3.39. The lowest BCUT2D eigenvalue weighted by Gasteiger charge is -2.07. The Morgan fingerprint density at radius 1 is 1.38 bits per heavy atom. The minimum atomic E-state index is -3.85. The molecule has 21 heavy (non-hydrogen) atoms. The smallest absolute Gasteiger partial charge is 0.258 e. The Hall–Kier alpha value is -2.07. The van der Waals surface area contributed by atoms with Crippen LogP contribution in [0.1, 0.15) is 17.5 Å². The number of hydrogen-bond donors (Lipinski definition) is 1. The summed E-state index contributed by atoms with van der Waals surface area (Å²) < 4.78 is 26.8. The number of non-ortho nitro benzene ring substituents is 1. The number of anilines is 1. The van der Waals surface area contributed by atoms with Gasteiger partial charge < -0.3 is 0 Å². The number of nitro benzene ring substituents is 1. The normalized spacial score (nSPS) is 11.3. The van der Waals surface area contributed by atoms with Gasteiger partial charge in [0.25, 0.3) is 15.7 Å². The maximum Gasteiger partial charge on any atom is 0.269 e. The average Bonchev–Trinajstić information content (AvgIpc) is 2.85. The monoisotopic (exact) mass is 328 g/mol. The molecule has 1 N–H and O–H groups in total. The number of rotatable bonds is 5. The molecule has 0 unspecified atom stereocenters. The van der Waals surface area contributed by atoms with Crippen LogP contribution < -0.4 is 4.72 Å². The van der Waals surface area contributed by atoms with Gasteiger partial charge in [-0.3, -0.25) is 14.8 Å². The number of nitrogens with zero attached hydrogens (tertiary/aromatic N) is 3. The summed E-state index contributed by atoms with van der Waals surface area (Å²) in [6.07, 6.45) is 0.663. The lowest BCUT2D eigenvalue weighted by molar-refractivity contribution is -0.385. The van der Waals surface area contributed by atoms with Gasteiger partial charge >= 0.3 is 0 Å². The van der Waals surface area contributed by atoms with Crippen molar-refractivity contribution in [1.82, 2.24) is 10.2 Å². The van der Waals surface area contributed by atoms with E-state index in [1.165, 1.54) is 19.1 Å². The van der Waals surface area contributed by atoms with E-state index >= 15 is 0 Å². The molecule has 0 saturated carbocycles. The van der Waals surface area contributed by atoms with Crippen molar-refractivity contribution in [3.8, 4) is 0 Å². The Balaban J connectivity index is 2.33. The highest BCUT2D eigenvalue weighted by molar-refractivity contribution is 7.93. The first-order valence-corrected chi connectivity index (χ1v) is 8.23. The average molecular weight is 328 g/mol. The molecule has 0 bridgehead atoms. The van der Waals surface area contributed by atoms with Gasteiger partial charge in [0.2, 0.25) is 5.13 Å². The quantitative estimate of drug-likeness (QED) is 0.664. The van der Waals surface area contributed by atoms with Crippen molar-refractivity contribution in [3.05, 3.63) is 38.9 Å². The Morgan fingerprint density at radius 3 is 2.62 bits per heavy atom. The van der Waals surface area contributed by atoms with Gasteiger partial charge in [-0.25, -0.2) is 8.42 Å². The molecule has 10 heteroatoms. The summed E-state index contributed by atoms with van der Waals surface area (Å²) in [5, 5.41) is 19.1. The van der Waals surface area contributed by atoms with Crippen LogP contribution in [0.15, 0.2) is 23.1 Å². The highest BCUT2D eigenvalue weighted by Gasteiger charge is 2.21. The number of nitrogens with one attached hydrogen (secondary N) is 1. The molecule has 2 rings (SSSR count). The van der Waals surface area contributed by atoms with Crippen molar-refractivity contribution in [3.63, 3.8) is 0 Å². The molecule has 112 valence electrons. The largest absolute Gasteiger partial charge is 0.269 e. The molecule has 0 radical (unpaired) electrons. The number of nitro groups is 1. The molecular formula is C11H12N4O4S2. The minimum Gasteiger partial charge on any atom is -0.258 e. The van der Waals surface area contributed by atoms with Gasteiger partial charge in [0, 0.05) is 12.1 Å². The van der Waals surface area contributed by atoms with E-state index in [2.05, 4.69) is 14.9 Å². The summed E-state index contributed by atoms with van der Waals surface area (Å²) in [6, 6.07) is 3.57. The number of hydrogen-bond acceptors (Lipinski definition) is 7. The first-order chi connectivity index (χ1) is 9.83. The molecular weight excluding hydrogens is 316 g/mol. The first kappa shape index (κ1) is 15.3. The molecule has 0 spiro atoms. The Labute approximate surface area is 125 Å². The lowest BCUT2D eigenvalue weighted by Crippen LogP contribution is -2.14. The van der Waals surface area contributed by atoms with Crippen LogP contribution in [-0.2, 0) is 16.4 Å². The van der Waals surface area contributed by atoms with E-state index in [4.69, 9.17) is 0 Å². The standard InChI is InChI=1S/C11H12N4O4S2/c1-3-10-12-13-11(20-10)14-21(18,19)9-5-4-8(15(16)17)6-7(9)2/h4-6H,3H2,1-2H3,(H,13,14). The van der Waals surface area contributed by atoms with Crippen LogP contribution in [0.5, 0.6) is 0 Å². The van der Waals surface area contributed by atoms with Gasteiger partial charge in [0.05, 0.1) is 9.82 Å². The predicted octanol–water partition coefficient (Wildman–Crippen LogP) is 2.12. The summed E-state index contributed by atoms with van der Waals surface area (Å²) in [5.41, 5.74) is 0.132. The second-order valence-electron chi connectivity index (χ2n) is 4.17. The van der Waals surface area contributed by atoms with Gasteiger partial charge in [-0.15, -0.1) is 10.2 Å². The van der Waals surface area contributed by atoms with Gasteiger partial charge in [0.15, 0.2) is 0 Å². The molecule has 0 saturated heterocycles. The van der Waals surface area contributed by atoms with Crippen LogP contribution in [0.3, 0.4) is 0 Å². The van der Waals surface area contributed by atoms with Gasteiger partial charge in [-0.05, 0) is 25.0 Å². The number of benzene rings is 1. The zero-order valence-corrected chi connectivity index (χ0v) is 12.9. The van der Waals surface area contributed by atoms with Crippen LogP contribution in [0, 0.1) is 17.0 Å². The van der Waals surface area contributed by atoms with Crippen LogP contribution in [0.4, 0.5) is 10.8 Å². The van der Waals surface area contributed by atoms with Crippen molar-refractivity contribution >= 4 is 32.2 Å². The zero-order valence-electron chi connectivity index (χ0n) is 11.2. The second kappa shape index (κ2) is 5.74. The predicted molar refractivity (Wildman–Crippen MR) is 77.9 cm³/mol. The van der Waals surface area contributed by atoms with Crippen molar-refractivity contribution in [2.45, 2.75) is 25.2 Å². The van der Waals surface area contributed by atoms with Gasteiger partial charge in [0.1, 0.15) is 5.01 Å². The number of sulfonamides is 1. The third-order valence-electron chi connectivity index (χ3n) is 2.65. The zero-order chi connectivity index (χ0) is 15.6. The first-order valence-electron chi connectivity index (χ1n) is 5.93. The Bertz CT molecular complexity index is 785. The highest BCUT2D eigenvalue weighted by atomic mass is 32.2. The van der Waals surface area contributed by atoms with Crippen molar-refractivity contribution in [2.24, 2.45) is 0 Å². The fourth-order valence-corrected chi connectivity index (χ4v) is 3.79. The molecule has 1 aromatic heterocycles. The van der Waals surface area contributed by atoms with E-state index in [-0.39, 0.29) is 21.3 Å². The Morgan fingerprint density at radius 2 is 2.10 bits per heavy atom. The highest BCUT2D eigenvalue weighted by Crippen LogP contribution is 2.24. The van der Waals surface area contributed by atoms with E-state index in [9.17, 15) is 18.5 Å². The Kier molecular flexibility index (Phi) is 4.19. The summed E-state index contributed by atoms with van der Waals surface area (Å²) in [4.78, 5) is 10.1. The molecule has 0 amide bonds. The van der Waals surface area contributed by atoms with E-state index in [0.29, 0.717) is 11.4 Å². The summed E-state index contributed by atoms with van der Waals surface area (Å²) in [5.74, 6) is 0. The van der Waals surface area contributed by atoms with E-state index < -0.39 is 14.9 Å². The third kappa shape index (κ3) is 3.34. The molecule has 0 atom stereocenters. The molecule has 0 fully saturated rings. The van der Waals surface area contributed by atoms with Crippen LogP contribution in [0.25, 0.3) is 0 Å². The third-order valence-corrected chi connectivity index (χ3v) is 5.26. The van der Waals surface area contributed by atoms with E-state index in [0.717, 1.165) is 17.4 Å². The van der Waals surface area contributed by atoms with Crippen molar-refractivity contribution in [2.75, 3.05) is 4.72 Å².